The second-order valence-electron chi connectivity index (χ2n) is 20.8. The van der Waals surface area contributed by atoms with Crippen LogP contribution in [-0.2, 0) is 52.9 Å². The minimum absolute atomic E-state index is 0.0479. The molecule has 6 aromatic carbocycles. The second kappa shape index (κ2) is 30.5. The Bertz CT molecular complexity index is 3890. The molecule has 1 unspecified atom stereocenters. The number of nitrogens with one attached hydrogen (secondary N) is 3. The molecule has 474 valence electrons. The molecule has 9 aromatic rings. The van der Waals surface area contributed by atoms with Crippen LogP contribution < -0.4 is 35.1 Å². The predicted octanol–water partition coefficient (Wildman–Crippen LogP) is 13.7. The van der Waals surface area contributed by atoms with E-state index >= 15 is 0 Å². The van der Waals surface area contributed by atoms with E-state index in [1.165, 1.54) is 41.2 Å². The minimum Gasteiger partial charge on any atom is -0.497 e. The second-order valence-corrected chi connectivity index (χ2v) is 22.5. The molecule has 0 radical (unpaired) electrons. The van der Waals surface area contributed by atoms with Crippen molar-refractivity contribution in [2.75, 3.05) is 44.6 Å². The van der Waals surface area contributed by atoms with E-state index in [0.29, 0.717) is 107 Å². The van der Waals surface area contributed by atoms with Crippen LogP contribution in [0.5, 0.6) is 17.2 Å². The van der Waals surface area contributed by atoms with Crippen LogP contribution in [0.1, 0.15) is 74.9 Å². The summed E-state index contributed by atoms with van der Waals surface area (Å²) in [5.41, 5.74) is 0.998. The largest absolute Gasteiger partial charge is 0.497 e. The number of nitrogens with zero attached hydrogens (tertiary/aromatic N) is 6. The summed E-state index contributed by atoms with van der Waals surface area (Å²) >= 11 is 14.1. The number of halogens is 8. The summed E-state index contributed by atoms with van der Waals surface area (Å²) in [7, 11) is 2.97. The molecule has 25 heteroatoms. The van der Waals surface area contributed by atoms with Gasteiger partial charge in [-0.1, -0.05) is 78.2 Å². The number of rotatable bonds is 28. The number of methoxy groups -OCH3 is 2. The number of carbonyl (C=O) groups is 4. The van der Waals surface area contributed by atoms with E-state index < -0.39 is 46.9 Å². The van der Waals surface area contributed by atoms with Crippen LogP contribution >= 0.6 is 34.5 Å². The molecule has 3 N–H and O–H groups in total. The first kappa shape index (κ1) is 66.2. The smallest absolute Gasteiger partial charge is 0.416 e. The van der Waals surface area contributed by atoms with Crippen LogP contribution in [0, 0.1) is 0 Å². The van der Waals surface area contributed by atoms with Crippen LogP contribution in [0.3, 0.4) is 0 Å². The lowest BCUT2D eigenvalue weighted by Gasteiger charge is -2.30. The molecule has 91 heavy (non-hydrogen) atoms. The maximum atomic E-state index is 14.3. The Labute approximate surface area is 534 Å². The SMILES string of the molecule is COc1ccc(-c2nc(-c3cc(C(F)(F)F)cc(C(F)(F)F)c3)n(Cc3ccc(C(=O)NCCCCCCNC(=O)Cn4cc(COc5ccc(N(C(=O)CCl)C(C(=O)NCCc6ccccc6)c6cccs6)cc5Cl)nn4)cc3)c2-c2ccc(OC)cc2)cc1. The molecule has 16 nitrogen and oxygen atoms in total. The molecule has 0 saturated heterocycles. The molecule has 0 aliphatic carbocycles. The van der Waals surface area contributed by atoms with Gasteiger partial charge in [-0.3, -0.25) is 24.1 Å². The van der Waals surface area contributed by atoms with E-state index in [-0.39, 0.29) is 65.8 Å². The number of anilines is 1. The number of benzene rings is 6. The highest BCUT2D eigenvalue weighted by atomic mass is 35.5. The zero-order chi connectivity index (χ0) is 64.7. The van der Waals surface area contributed by atoms with Gasteiger partial charge in [0.2, 0.25) is 17.7 Å². The molecular formula is C66H61Cl2F6N9O7S. The Morgan fingerprint density at radius 2 is 1.33 bits per heavy atom. The summed E-state index contributed by atoms with van der Waals surface area (Å²) < 4.78 is 105. The highest BCUT2D eigenvalue weighted by Gasteiger charge is 2.38. The first-order valence-electron chi connectivity index (χ1n) is 28.7. The van der Waals surface area contributed by atoms with Gasteiger partial charge < -0.3 is 34.7 Å². The fourth-order valence-corrected chi connectivity index (χ4v) is 11.1. The van der Waals surface area contributed by atoms with Gasteiger partial charge in [-0.2, -0.15) is 26.3 Å². The lowest BCUT2D eigenvalue weighted by atomic mass is 10.0. The molecule has 4 amide bonds. The van der Waals surface area contributed by atoms with Crippen LogP contribution in [0.25, 0.3) is 33.9 Å². The van der Waals surface area contributed by atoms with Gasteiger partial charge in [-0.05, 0) is 139 Å². The van der Waals surface area contributed by atoms with E-state index in [4.69, 9.17) is 42.4 Å². The number of carbonyl (C=O) groups excluding carboxylic acids is 4. The van der Waals surface area contributed by atoms with Crippen molar-refractivity contribution < 1.29 is 59.7 Å². The molecule has 0 aliphatic heterocycles. The topological polar surface area (TPSA) is 184 Å². The number of aromatic nitrogens is 5. The van der Waals surface area contributed by atoms with Crippen LogP contribution in [0.4, 0.5) is 32.0 Å². The molecule has 0 spiro atoms. The normalized spacial score (nSPS) is 11.8. The van der Waals surface area contributed by atoms with E-state index in [9.17, 15) is 45.5 Å². The van der Waals surface area contributed by atoms with Gasteiger partial charge in [0, 0.05) is 59.0 Å². The Hall–Kier alpha value is -9.19. The van der Waals surface area contributed by atoms with Gasteiger partial charge in [0.25, 0.3) is 5.91 Å². The van der Waals surface area contributed by atoms with Crippen molar-refractivity contribution in [2.45, 2.75) is 70.2 Å². The molecule has 0 saturated carbocycles. The van der Waals surface area contributed by atoms with Gasteiger partial charge in [-0.25, -0.2) is 9.67 Å². The zero-order valence-electron chi connectivity index (χ0n) is 49.1. The number of hydrogen-bond acceptors (Lipinski definition) is 11. The summed E-state index contributed by atoms with van der Waals surface area (Å²) in [5.74, 6) is -0.792. The van der Waals surface area contributed by atoms with Gasteiger partial charge in [0.05, 0.1) is 48.0 Å². The lowest BCUT2D eigenvalue weighted by Crippen LogP contribution is -2.44. The highest BCUT2D eigenvalue weighted by Crippen LogP contribution is 2.43. The number of ether oxygens (including phenoxy) is 3. The van der Waals surface area contributed by atoms with E-state index in [1.807, 2.05) is 35.7 Å². The third-order valence-electron chi connectivity index (χ3n) is 14.5. The summed E-state index contributed by atoms with van der Waals surface area (Å²) in [5, 5.41) is 18.9. The van der Waals surface area contributed by atoms with Crippen molar-refractivity contribution in [3.8, 4) is 51.2 Å². The predicted molar refractivity (Wildman–Crippen MR) is 335 cm³/mol. The van der Waals surface area contributed by atoms with E-state index in [2.05, 4.69) is 26.3 Å². The maximum Gasteiger partial charge on any atom is 0.416 e. The average Bonchev–Trinajstić information content (AvgIpc) is 1.66. The lowest BCUT2D eigenvalue weighted by molar-refractivity contribution is -0.143. The number of alkyl halides is 7. The fourth-order valence-electron chi connectivity index (χ4n) is 9.97. The van der Waals surface area contributed by atoms with Gasteiger partial charge in [-0.15, -0.1) is 28.0 Å². The van der Waals surface area contributed by atoms with Gasteiger partial charge in [0.15, 0.2) is 0 Å². The summed E-state index contributed by atoms with van der Waals surface area (Å²) in [4.78, 5) is 60.1. The van der Waals surface area contributed by atoms with Crippen molar-refractivity contribution in [1.82, 2.24) is 40.5 Å². The Kier molecular flexibility index (Phi) is 22.2. The Morgan fingerprint density at radius 1 is 0.681 bits per heavy atom. The van der Waals surface area contributed by atoms with Crippen molar-refractivity contribution in [3.63, 3.8) is 0 Å². The molecule has 1 atom stereocenters. The number of amides is 4. The molecule has 3 heterocycles. The molecular weight excluding hydrogens is 1250 g/mol. The van der Waals surface area contributed by atoms with Crippen molar-refractivity contribution >= 4 is 63.9 Å². The summed E-state index contributed by atoms with van der Waals surface area (Å²) in [6.07, 6.45) is -5.24. The Morgan fingerprint density at radius 3 is 1.93 bits per heavy atom. The monoisotopic (exact) mass is 1310 g/mol. The van der Waals surface area contributed by atoms with Crippen LogP contribution in [0.2, 0.25) is 5.02 Å². The zero-order valence-corrected chi connectivity index (χ0v) is 51.5. The summed E-state index contributed by atoms with van der Waals surface area (Å²) in [6, 6.07) is 38.3. The quantitative estimate of drug-likeness (QED) is 0.0242. The third kappa shape index (κ3) is 17.4. The van der Waals surface area contributed by atoms with Crippen LogP contribution in [0.15, 0.2) is 163 Å². The van der Waals surface area contributed by atoms with Crippen molar-refractivity contribution in [1.29, 1.82) is 0 Å². The third-order valence-corrected chi connectivity index (χ3v) is 16.0. The summed E-state index contributed by atoms with van der Waals surface area (Å²) in [6.45, 7) is 0.882. The molecule has 0 fully saturated rings. The van der Waals surface area contributed by atoms with Crippen molar-refractivity contribution in [3.05, 3.63) is 207 Å². The highest BCUT2D eigenvalue weighted by molar-refractivity contribution is 7.10. The van der Waals surface area contributed by atoms with Gasteiger partial charge in [0.1, 0.15) is 53.8 Å². The number of imidazole rings is 1. The van der Waals surface area contributed by atoms with Crippen molar-refractivity contribution in [2.24, 2.45) is 0 Å². The van der Waals surface area contributed by atoms with Crippen LogP contribution in [-0.4, -0.2) is 87.9 Å². The molecule has 0 bridgehead atoms. The number of thiophene rings is 1. The molecule has 9 rings (SSSR count). The first-order valence-corrected chi connectivity index (χ1v) is 30.5. The Balaban J connectivity index is 0.750. The van der Waals surface area contributed by atoms with E-state index in [1.54, 1.807) is 108 Å². The number of unbranched alkanes of at least 4 members (excludes halogenated alkanes) is 3. The standard InChI is InChI=1S/C66H61Cl2F6N9O7S/c1-88-52-23-18-44(19-24-52)59-60(45-20-25-53(89-2)26-21-45)82(62(78-59)47-33-48(65(69,70)71)35-49(34-47)66(72,73)74)38-43-14-16-46(17-15-43)63(86)76-30-9-4-3-8-29-75-57(84)40-81-39-50(79-80-81)41-90-55-27-22-51(36-54(55)68)83(58(85)37-67)61(56-13-10-32-91-56)64(87)77-31-28-42-11-6-5-7-12-42/h5-7,10-27,32-36,39,61H,3-4,8-9,28-31,37-38,40-41H2,1-2H3,(H,75,84)(H,76,86)(H,77,87). The average molecular weight is 1310 g/mol. The van der Waals surface area contributed by atoms with E-state index in [0.717, 1.165) is 18.4 Å². The molecule has 3 aromatic heterocycles. The minimum atomic E-state index is -5.11. The maximum absolute atomic E-state index is 14.3. The van der Waals surface area contributed by atoms with Gasteiger partial charge >= 0.3 is 12.4 Å². The fraction of sp³-hybridized carbons (Fsp3) is 0.258. The first-order chi connectivity index (χ1) is 43.8. The number of hydrogen-bond donors (Lipinski definition) is 3. The molecule has 0 aliphatic rings.